The second-order valence-electron chi connectivity index (χ2n) is 9.77. The molecule has 0 radical (unpaired) electrons. The Morgan fingerprint density at radius 3 is 2.65 bits per heavy atom. The molecular formula is C30H32N4O3. The molecule has 0 spiro atoms. The van der Waals surface area contributed by atoms with Crippen molar-refractivity contribution < 1.29 is 14.3 Å². The summed E-state index contributed by atoms with van der Waals surface area (Å²) in [6, 6.07) is 23.2. The van der Waals surface area contributed by atoms with Gasteiger partial charge in [-0.1, -0.05) is 48.5 Å². The summed E-state index contributed by atoms with van der Waals surface area (Å²) in [5.41, 5.74) is 6.06. The highest BCUT2D eigenvalue weighted by Gasteiger charge is 2.35. The van der Waals surface area contributed by atoms with Crippen LogP contribution in [0.25, 0.3) is 22.0 Å². The Balaban J connectivity index is 1.27. The summed E-state index contributed by atoms with van der Waals surface area (Å²) < 4.78 is 5.48. The minimum Gasteiger partial charge on any atom is -0.445 e. The fraction of sp³-hybridized carbons (Fsp3) is 0.267. The predicted molar refractivity (Wildman–Crippen MR) is 146 cm³/mol. The van der Waals surface area contributed by atoms with E-state index in [0.29, 0.717) is 18.7 Å². The van der Waals surface area contributed by atoms with Gasteiger partial charge in [-0.2, -0.15) is 0 Å². The molecule has 2 heterocycles. The van der Waals surface area contributed by atoms with Gasteiger partial charge in [-0.05, 0) is 73.5 Å². The summed E-state index contributed by atoms with van der Waals surface area (Å²) in [5, 5.41) is 4.21. The van der Waals surface area contributed by atoms with Gasteiger partial charge in [0.1, 0.15) is 12.6 Å². The van der Waals surface area contributed by atoms with Crippen LogP contribution in [-0.4, -0.2) is 53.5 Å². The fourth-order valence-corrected chi connectivity index (χ4v) is 4.89. The van der Waals surface area contributed by atoms with E-state index in [1.54, 1.807) is 0 Å². The Hall–Kier alpha value is -4.10. The number of ether oxygens (including phenoxy) is 1. The van der Waals surface area contributed by atoms with Crippen LogP contribution in [0.2, 0.25) is 0 Å². The number of carbonyl (C=O) groups is 2. The minimum atomic E-state index is -0.545. The molecule has 0 aliphatic carbocycles. The lowest BCUT2D eigenvalue weighted by atomic mass is 10.0. The Bertz CT molecular complexity index is 1400. The van der Waals surface area contributed by atoms with Crippen LogP contribution in [0.3, 0.4) is 0 Å². The number of carbonyl (C=O) groups excluding carboxylic acids is 2. The van der Waals surface area contributed by atoms with Gasteiger partial charge in [-0.25, -0.2) is 4.79 Å². The van der Waals surface area contributed by atoms with E-state index in [4.69, 9.17) is 4.74 Å². The highest BCUT2D eigenvalue weighted by molar-refractivity contribution is 5.97. The number of rotatable bonds is 7. The molecule has 1 aromatic heterocycles. The Morgan fingerprint density at radius 2 is 1.84 bits per heavy atom. The monoisotopic (exact) mass is 496 g/mol. The first-order valence-corrected chi connectivity index (χ1v) is 12.6. The van der Waals surface area contributed by atoms with Crippen LogP contribution in [0.1, 0.15) is 24.0 Å². The van der Waals surface area contributed by atoms with Crippen LogP contribution < -0.4 is 5.32 Å². The smallest absolute Gasteiger partial charge is 0.410 e. The Kier molecular flexibility index (Phi) is 7.23. The number of hydrogen-bond donors (Lipinski definition) is 2. The van der Waals surface area contributed by atoms with Crippen molar-refractivity contribution in [1.29, 1.82) is 0 Å². The molecule has 37 heavy (non-hydrogen) atoms. The molecule has 1 aliphatic rings. The van der Waals surface area contributed by atoms with Gasteiger partial charge in [0.2, 0.25) is 5.91 Å². The van der Waals surface area contributed by atoms with Gasteiger partial charge in [0, 0.05) is 35.9 Å². The first kappa shape index (κ1) is 24.6. The molecule has 7 nitrogen and oxygen atoms in total. The van der Waals surface area contributed by atoms with Crippen molar-refractivity contribution in [2.75, 3.05) is 26.0 Å². The van der Waals surface area contributed by atoms with Crippen molar-refractivity contribution in [3.8, 4) is 11.1 Å². The number of fused-ring (bicyclic) bond motifs is 1. The standard InChI is InChI=1S/C30H32N4O3/c1-33(2)19-24-18-31-27-14-13-23(17-26(24)27)22-10-6-11-25(16-22)32-29(35)28-12-7-15-34(28)30(36)37-20-21-8-4-3-5-9-21/h3-6,8-11,13-14,16-18,28,31H,7,12,15,19-20H2,1-2H3,(H,32,35). The highest BCUT2D eigenvalue weighted by Crippen LogP contribution is 2.29. The van der Waals surface area contributed by atoms with E-state index in [9.17, 15) is 9.59 Å². The lowest BCUT2D eigenvalue weighted by molar-refractivity contribution is -0.120. The fourth-order valence-electron chi connectivity index (χ4n) is 4.89. The molecule has 4 aromatic rings. The van der Waals surface area contributed by atoms with Crippen molar-refractivity contribution in [3.63, 3.8) is 0 Å². The van der Waals surface area contributed by atoms with Crippen LogP contribution in [0, 0.1) is 0 Å². The summed E-state index contributed by atoms with van der Waals surface area (Å²) in [6.45, 7) is 1.55. The number of hydrogen-bond acceptors (Lipinski definition) is 4. The quantitative estimate of drug-likeness (QED) is 0.347. The van der Waals surface area contributed by atoms with Crippen LogP contribution in [-0.2, 0) is 22.7 Å². The van der Waals surface area contributed by atoms with Crippen LogP contribution in [0.5, 0.6) is 0 Å². The third-order valence-electron chi connectivity index (χ3n) is 6.71. The number of nitrogens with zero attached hydrogens (tertiary/aromatic N) is 2. The van der Waals surface area contributed by atoms with Crippen LogP contribution >= 0.6 is 0 Å². The van der Waals surface area contributed by atoms with E-state index in [0.717, 1.165) is 35.2 Å². The molecule has 0 bridgehead atoms. The number of H-pyrrole nitrogens is 1. The molecule has 5 rings (SSSR count). The molecular weight excluding hydrogens is 464 g/mol. The van der Waals surface area contributed by atoms with Gasteiger partial charge in [-0.15, -0.1) is 0 Å². The van der Waals surface area contributed by atoms with Gasteiger partial charge in [0.05, 0.1) is 0 Å². The van der Waals surface area contributed by atoms with E-state index in [1.165, 1.54) is 15.8 Å². The van der Waals surface area contributed by atoms with E-state index < -0.39 is 12.1 Å². The zero-order valence-corrected chi connectivity index (χ0v) is 21.2. The molecule has 3 aromatic carbocycles. The van der Waals surface area contributed by atoms with Crippen molar-refractivity contribution in [3.05, 3.63) is 90.1 Å². The number of benzene rings is 3. The predicted octanol–water partition coefficient (Wildman–Crippen LogP) is 5.64. The zero-order valence-electron chi connectivity index (χ0n) is 21.2. The maximum atomic E-state index is 13.2. The third-order valence-corrected chi connectivity index (χ3v) is 6.71. The third kappa shape index (κ3) is 5.67. The van der Waals surface area contributed by atoms with E-state index in [-0.39, 0.29) is 12.5 Å². The molecule has 1 unspecified atom stereocenters. The van der Waals surface area contributed by atoms with Gasteiger partial charge in [0.15, 0.2) is 0 Å². The summed E-state index contributed by atoms with van der Waals surface area (Å²) in [5.74, 6) is -0.194. The van der Waals surface area contributed by atoms with Crippen molar-refractivity contribution in [2.45, 2.75) is 32.0 Å². The zero-order chi connectivity index (χ0) is 25.8. The second-order valence-corrected chi connectivity index (χ2v) is 9.77. The number of amides is 2. The molecule has 2 N–H and O–H groups in total. The van der Waals surface area contributed by atoms with E-state index in [2.05, 4.69) is 53.7 Å². The Labute approximate surface area is 217 Å². The summed E-state index contributed by atoms with van der Waals surface area (Å²) in [7, 11) is 4.12. The molecule has 0 saturated carbocycles. The first-order valence-electron chi connectivity index (χ1n) is 12.6. The molecule has 1 fully saturated rings. The maximum Gasteiger partial charge on any atom is 0.410 e. The van der Waals surface area contributed by atoms with Crippen molar-refractivity contribution in [2.24, 2.45) is 0 Å². The largest absolute Gasteiger partial charge is 0.445 e. The SMILES string of the molecule is CN(C)Cc1c[nH]c2ccc(-c3cccc(NC(=O)C4CCCN4C(=O)OCc4ccccc4)c3)cc12. The molecule has 1 saturated heterocycles. The Morgan fingerprint density at radius 1 is 1.03 bits per heavy atom. The maximum absolute atomic E-state index is 13.2. The van der Waals surface area contributed by atoms with E-state index >= 15 is 0 Å². The topological polar surface area (TPSA) is 77.7 Å². The molecule has 7 heteroatoms. The summed E-state index contributed by atoms with van der Waals surface area (Å²) >= 11 is 0. The number of anilines is 1. The van der Waals surface area contributed by atoms with Crippen molar-refractivity contribution in [1.82, 2.24) is 14.8 Å². The van der Waals surface area contributed by atoms with Gasteiger partial charge >= 0.3 is 6.09 Å². The normalized spacial score (nSPS) is 15.3. The number of likely N-dealkylation sites (tertiary alicyclic amines) is 1. The molecule has 1 atom stereocenters. The van der Waals surface area contributed by atoms with Gasteiger partial charge in [-0.3, -0.25) is 9.69 Å². The average molecular weight is 497 g/mol. The number of aromatic amines is 1. The highest BCUT2D eigenvalue weighted by atomic mass is 16.6. The summed E-state index contributed by atoms with van der Waals surface area (Å²) in [6.07, 6.45) is 2.99. The summed E-state index contributed by atoms with van der Waals surface area (Å²) in [4.78, 5) is 32.9. The molecule has 190 valence electrons. The second kappa shape index (κ2) is 10.9. The lowest BCUT2D eigenvalue weighted by Gasteiger charge is -2.23. The van der Waals surface area contributed by atoms with Gasteiger partial charge in [0.25, 0.3) is 0 Å². The lowest BCUT2D eigenvalue weighted by Crippen LogP contribution is -2.43. The van der Waals surface area contributed by atoms with Gasteiger partial charge < -0.3 is 19.9 Å². The molecule has 1 aliphatic heterocycles. The van der Waals surface area contributed by atoms with Crippen molar-refractivity contribution >= 4 is 28.6 Å². The van der Waals surface area contributed by atoms with E-state index in [1.807, 2.05) is 54.6 Å². The molecule has 2 amide bonds. The van der Waals surface area contributed by atoms with Crippen LogP contribution in [0.4, 0.5) is 10.5 Å². The first-order chi connectivity index (χ1) is 18.0. The minimum absolute atomic E-state index is 0.189. The number of aromatic nitrogens is 1. The average Bonchev–Trinajstić information content (AvgIpc) is 3.55. The van der Waals surface area contributed by atoms with Crippen LogP contribution in [0.15, 0.2) is 79.0 Å². The number of nitrogens with one attached hydrogen (secondary N) is 2.